The molecule has 0 aliphatic carbocycles. The van der Waals surface area contributed by atoms with E-state index in [1.54, 1.807) is 6.33 Å². The normalized spacial score (nSPS) is 13.3. The molecule has 0 fully saturated rings. The number of aryl methyl sites for hydroxylation is 1. The zero-order chi connectivity index (χ0) is 12.0. The van der Waals surface area contributed by atoms with E-state index in [1.807, 2.05) is 11.7 Å². The van der Waals surface area contributed by atoms with Crippen molar-refractivity contribution in [3.63, 3.8) is 0 Å². The molecule has 1 rings (SSSR count). The third-order valence-corrected chi connectivity index (χ3v) is 2.65. The molecule has 4 nitrogen and oxygen atoms in total. The summed E-state index contributed by atoms with van der Waals surface area (Å²) in [6.45, 7) is 8.71. The van der Waals surface area contributed by atoms with E-state index in [0.717, 1.165) is 31.8 Å². The van der Waals surface area contributed by atoms with Crippen molar-refractivity contribution in [2.75, 3.05) is 13.6 Å². The second-order valence-corrected chi connectivity index (χ2v) is 4.95. The Morgan fingerprint density at radius 3 is 2.75 bits per heavy atom. The van der Waals surface area contributed by atoms with Crippen molar-refractivity contribution in [2.24, 2.45) is 11.8 Å². The van der Waals surface area contributed by atoms with Crippen LogP contribution in [0.4, 0.5) is 0 Å². The molecule has 1 aromatic rings. The minimum absolute atomic E-state index is 0.621. The molecule has 1 atom stereocenters. The van der Waals surface area contributed by atoms with Gasteiger partial charge in [-0.3, -0.25) is 0 Å². The second-order valence-electron chi connectivity index (χ2n) is 4.95. The molecule has 0 amide bonds. The van der Waals surface area contributed by atoms with Crippen molar-refractivity contribution < 1.29 is 0 Å². The minimum Gasteiger partial charge on any atom is -0.319 e. The van der Waals surface area contributed by atoms with Crippen LogP contribution in [0.5, 0.6) is 0 Å². The maximum Gasteiger partial charge on any atom is 0.138 e. The first kappa shape index (κ1) is 13.2. The van der Waals surface area contributed by atoms with Crippen LogP contribution in [0.3, 0.4) is 0 Å². The summed E-state index contributed by atoms with van der Waals surface area (Å²) in [5, 5.41) is 7.47. The Hall–Kier alpha value is -0.900. The highest BCUT2D eigenvalue weighted by atomic mass is 15.3. The Bertz CT molecular complexity index is 293. The molecule has 16 heavy (non-hydrogen) atoms. The van der Waals surface area contributed by atoms with Gasteiger partial charge in [0.15, 0.2) is 0 Å². The quantitative estimate of drug-likeness (QED) is 0.767. The predicted molar refractivity (Wildman–Crippen MR) is 66.3 cm³/mol. The number of hydrogen-bond acceptors (Lipinski definition) is 3. The van der Waals surface area contributed by atoms with Crippen molar-refractivity contribution >= 4 is 0 Å². The Morgan fingerprint density at radius 2 is 2.12 bits per heavy atom. The lowest BCUT2D eigenvalue weighted by Crippen LogP contribution is -2.18. The third kappa shape index (κ3) is 4.31. The Morgan fingerprint density at radius 1 is 1.38 bits per heavy atom. The van der Waals surface area contributed by atoms with Gasteiger partial charge in [0.25, 0.3) is 0 Å². The molecule has 0 radical (unpaired) electrons. The summed E-state index contributed by atoms with van der Waals surface area (Å²) in [5.41, 5.74) is 0. The van der Waals surface area contributed by atoms with Gasteiger partial charge in [-0.25, -0.2) is 9.67 Å². The number of aromatic nitrogens is 3. The molecule has 0 aliphatic rings. The summed E-state index contributed by atoms with van der Waals surface area (Å²) >= 11 is 0. The molecule has 0 bridgehead atoms. The van der Waals surface area contributed by atoms with E-state index in [0.29, 0.717) is 11.8 Å². The smallest absolute Gasteiger partial charge is 0.138 e. The summed E-state index contributed by atoms with van der Waals surface area (Å²) < 4.78 is 2.04. The molecule has 0 saturated carbocycles. The van der Waals surface area contributed by atoms with Crippen LogP contribution in [0, 0.1) is 11.8 Å². The van der Waals surface area contributed by atoms with Crippen LogP contribution in [0.1, 0.15) is 33.0 Å². The Labute approximate surface area is 98.5 Å². The number of nitrogens with zero attached hydrogens (tertiary/aromatic N) is 3. The molecule has 1 aromatic heterocycles. The zero-order valence-electron chi connectivity index (χ0n) is 10.9. The number of hydrogen-bond donors (Lipinski definition) is 1. The van der Waals surface area contributed by atoms with Gasteiger partial charge >= 0.3 is 0 Å². The van der Waals surface area contributed by atoms with Crippen LogP contribution in [0.15, 0.2) is 6.33 Å². The largest absolute Gasteiger partial charge is 0.319 e. The molecule has 0 aliphatic heterocycles. The number of rotatable bonds is 7. The van der Waals surface area contributed by atoms with E-state index in [4.69, 9.17) is 0 Å². The van der Waals surface area contributed by atoms with E-state index >= 15 is 0 Å². The summed E-state index contributed by atoms with van der Waals surface area (Å²) in [6.07, 6.45) is 3.85. The van der Waals surface area contributed by atoms with Gasteiger partial charge in [0.2, 0.25) is 0 Å². The fourth-order valence-corrected chi connectivity index (χ4v) is 1.81. The Balaban J connectivity index is 2.44. The standard InChI is InChI=1S/C12H24N4/c1-10(2)8-16-12(14-9-15-16)6-5-11(3)7-13-4/h9-11,13H,5-8H2,1-4H3. The molecule has 0 spiro atoms. The molecule has 4 heteroatoms. The second kappa shape index (κ2) is 6.63. The van der Waals surface area contributed by atoms with Gasteiger partial charge in [0, 0.05) is 13.0 Å². The Kier molecular flexibility index (Phi) is 5.46. The predicted octanol–water partition coefficient (Wildman–Crippen LogP) is 1.72. The van der Waals surface area contributed by atoms with Crippen molar-refractivity contribution in [3.05, 3.63) is 12.2 Å². The van der Waals surface area contributed by atoms with Crippen molar-refractivity contribution in [1.82, 2.24) is 20.1 Å². The van der Waals surface area contributed by atoms with Gasteiger partial charge in [-0.15, -0.1) is 0 Å². The third-order valence-electron chi connectivity index (χ3n) is 2.65. The summed E-state index contributed by atoms with van der Waals surface area (Å²) in [5.74, 6) is 2.43. The first-order chi connectivity index (χ1) is 7.63. The lowest BCUT2D eigenvalue weighted by Gasteiger charge is -2.11. The fraction of sp³-hybridized carbons (Fsp3) is 0.833. The monoisotopic (exact) mass is 224 g/mol. The molecular weight excluding hydrogens is 200 g/mol. The highest BCUT2D eigenvalue weighted by Gasteiger charge is 2.08. The van der Waals surface area contributed by atoms with Gasteiger partial charge in [0.1, 0.15) is 12.2 Å². The van der Waals surface area contributed by atoms with Crippen LogP contribution in [-0.2, 0) is 13.0 Å². The van der Waals surface area contributed by atoms with Crippen LogP contribution < -0.4 is 5.32 Å². The topological polar surface area (TPSA) is 42.7 Å². The van der Waals surface area contributed by atoms with E-state index < -0.39 is 0 Å². The maximum atomic E-state index is 4.33. The van der Waals surface area contributed by atoms with Gasteiger partial charge in [-0.2, -0.15) is 5.10 Å². The zero-order valence-corrected chi connectivity index (χ0v) is 10.9. The molecule has 1 unspecified atom stereocenters. The van der Waals surface area contributed by atoms with E-state index in [2.05, 4.69) is 36.2 Å². The average molecular weight is 224 g/mol. The summed E-state index contributed by atoms with van der Waals surface area (Å²) in [4.78, 5) is 4.33. The van der Waals surface area contributed by atoms with E-state index in [1.165, 1.54) is 0 Å². The maximum absolute atomic E-state index is 4.33. The van der Waals surface area contributed by atoms with Crippen LogP contribution in [-0.4, -0.2) is 28.4 Å². The lowest BCUT2D eigenvalue weighted by atomic mass is 10.1. The van der Waals surface area contributed by atoms with Gasteiger partial charge < -0.3 is 5.32 Å². The lowest BCUT2D eigenvalue weighted by molar-refractivity contribution is 0.445. The summed E-state index contributed by atoms with van der Waals surface area (Å²) in [7, 11) is 2.00. The van der Waals surface area contributed by atoms with Crippen LogP contribution in [0.25, 0.3) is 0 Å². The van der Waals surface area contributed by atoms with Crippen LogP contribution >= 0.6 is 0 Å². The molecule has 1 heterocycles. The van der Waals surface area contributed by atoms with Crippen LogP contribution in [0.2, 0.25) is 0 Å². The van der Waals surface area contributed by atoms with Crippen molar-refractivity contribution in [2.45, 2.75) is 40.2 Å². The first-order valence-corrected chi connectivity index (χ1v) is 6.14. The highest BCUT2D eigenvalue weighted by Crippen LogP contribution is 2.08. The highest BCUT2D eigenvalue weighted by molar-refractivity contribution is 4.85. The molecular formula is C12H24N4. The first-order valence-electron chi connectivity index (χ1n) is 6.14. The van der Waals surface area contributed by atoms with Gasteiger partial charge in [-0.1, -0.05) is 20.8 Å². The van der Waals surface area contributed by atoms with Gasteiger partial charge in [-0.05, 0) is 31.8 Å². The summed E-state index contributed by atoms with van der Waals surface area (Å²) in [6, 6.07) is 0. The SMILES string of the molecule is CNCC(C)CCc1ncnn1CC(C)C. The van der Waals surface area contributed by atoms with E-state index in [9.17, 15) is 0 Å². The van der Waals surface area contributed by atoms with Gasteiger partial charge in [0.05, 0.1) is 0 Å². The minimum atomic E-state index is 0.621. The molecule has 0 aromatic carbocycles. The molecule has 1 N–H and O–H groups in total. The van der Waals surface area contributed by atoms with E-state index in [-0.39, 0.29) is 0 Å². The molecule has 92 valence electrons. The molecule has 0 saturated heterocycles. The van der Waals surface area contributed by atoms with Crippen molar-refractivity contribution in [3.8, 4) is 0 Å². The average Bonchev–Trinajstić information content (AvgIpc) is 2.62. The fourth-order valence-electron chi connectivity index (χ4n) is 1.81. The number of nitrogens with one attached hydrogen (secondary N) is 1. The van der Waals surface area contributed by atoms with Crippen molar-refractivity contribution in [1.29, 1.82) is 0 Å².